The molecule has 2 aromatic carbocycles. The van der Waals surface area contributed by atoms with Crippen LogP contribution in [-0.2, 0) is 16.0 Å². The Bertz CT molecular complexity index is 921. The van der Waals surface area contributed by atoms with Crippen LogP contribution in [0.15, 0.2) is 48.5 Å². The second-order valence-corrected chi connectivity index (χ2v) is 7.71. The highest BCUT2D eigenvalue weighted by molar-refractivity contribution is 5.82. The SMILES string of the molecule is COCCNC(=O)[C@@H]1Cc2cc([N+](=O)[O-])ccc2N2CCN(c3ccccc3)C[C@H]12. The summed E-state index contributed by atoms with van der Waals surface area (Å²) in [6.45, 7) is 3.21. The fraction of sp³-hybridized carbons (Fsp3) is 0.409. The van der Waals surface area contributed by atoms with E-state index in [9.17, 15) is 14.9 Å². The molecule has 0 aliphatic carbocycles. The molecule has 2 aliphatic rings. The molecule has 2 aromatic rings. The first-order valence-corrected chi connectivity index (χ1v) is 10.2. The van der Waals surface area contributed by atoms with Crippen LogP contribution in [0.5, 0.6) is 0 Å². The molecule has 8 heteroatoms. The van der Waals surface area contributed by atoms with Gasteiger partial charge < -0.3 is 19.9 Å². The molecular weight excluding hydrogens is 384 g/mol. The topological polar surface area (TPSA) is 87.9 Å². The lowest BCUT2D eigenvalue weighted by atomic mass is 9.83. The largest absolute Gasteiger partial charge is 0.383 e. The average molecular weight is 410 g/mol. The third-order valence-corrected chi connectivity index (χ3v) is 5.97. The molecule has 8 nitrogen and oxygen atoms in total. The maximum Gasteiger partial charge on any atom is 0.269 e. The van der Waals surface area contributed by atoms with Gasteiger partial charge in [0.05, 0.1) is 23.5 Å². The maximum atomic E-state index is 13.1. The molecule has 1 fully saturated rings. The van der Waals surface area contributed by atoms with Gasteiger partial charge in [-0.05, 0) is 30.2 Å². The number of non-ortho nitro benzene ring substituents is 1. The zero-order chi connectivity index (χ0) is 21.1. The summed E-state index contributed by atoms with van der Waals surface area (Å²) in [7, 11) is 1.60. The van der Waals surface area contributed by atoms with E-state index in [-0.39, 0.29) is 28.5 Å². The lowest BCUT2D eigenvalue weighted by molar-refractivity contribution is -0.384. The van der Waals surface area contributed by atoms with Crippen LogP contribution in [0.25, 0.3) is 0 Å². The Balaban J connectivity index is 1.64. The molecule has 0 unspecified atom stereocenters. The first-order valence-electron chi connectivity index (χ1n) is 10.2. The molecule has 30 heavy (non-hydrogen) atoms. The summed E-state index contributed by atoms with van der Waals surface area (Å²) in [5.74, 6) is -0.322. The smallest absolute Gasteiger partial charge is 0.269 e. The number of para-hydroxylation sites is 1. The molecule has 1 saturated heterocycles. The predicted octanol–water partition coefficient (Wildman–Crippen LogP) is 2.22. The molecule has 1 amide bonds. The fourth-order valence-electron chi connectivity index (χ4n) is 4.50. The van der Waals surface area contributed by atoms with Crippen molar-refractivity contribution in [3.63, 3.8) is 0 Å². The standard InChI is InChI=1S/C22H26N4O4/c1-30-12-9-23-22(27)19-14-16-13-18(26(28)29)7-8-20(16)25-11-10-24(15-21(19)25)17-5-3-2-4-6-17/h2-8,13,19,21H,9-12,14-15H2,1H3,(H,23,27)/t19-,21-/m1/s1. The highest BCUT2D eigenvalue weighted by Gasteiger charge is 2.42. The number of ether oxygens (including phenoxy) is 1. The minimum Gasteiger partial charge on any atom is -0.383 e. The highest BCUT2D eigenvalue weighted by Crippen LogP contribution is 2.38. The third-order valence-electron chi connectivity index (χ3n) is 5.97. The molecule has 0 bridgehead atoms. The number of carbonyl (C=O) groups excluding carboxylic acids is 1. The van der Waals surface area contributed by atoms with Gasteiger partial charge in [0.2, 0.25) is 5.91 Å². The quantitative estimate of drug-likeness (QED) is 0.446. The predicted molar refractivity (Wildman–Crippen MR) is 115 cm³/mol. The van der Waals surface area contributed by atoms with E-state index in [2.05, 4.69) is 27.2 Å². The molecular formula is C22H26N4O4. The van der Waals surface area contributed by atoms with Crippen molar-refractivity contribution in [1.29, 1.82) is 0 Å². The van der Waals surface area contributed by atoms with Gasteiger partial charge in [-0.2, -0.15) is 0 Å². The van der Waals surface area contributed by atoms with Crippen LogP contribution in [-0.4, -0.2) is 56.8 Å². The molecule has 2 heterocycles. The Hall–Kier alpha value is -3.13. The lowest BCUT2D eigenvalue weighted by Crippen LogP contribution is -2.61. The number of hydrogen-bond acceptors (Lipinski definition) is 6. The lowest BCUT2D eigenvalue weighted by Gasteiger charge is -2.49. The van der Waals surface area contributed by atoms with Crippen molar-refractivity contribution in [3.8, 4) is 0 Å². The van der Waals surface area contributed by atoms with Gasteiger partial charge >= 0.3 is 0 Å². The van der Waals surface area contributed by atoms with Crippen LogP contribution in [0.1, 0.15) is 5.56 Å². The van der Waals surface area contributed by atoms with Crippen molar-refractivity contribution in [2.45, 2.75) is 12.5 Å². The number of carbonyl (C=O) groups is 1. The van der Waals surface area contributed by atoms with Crippen molar-refractivity contribution in [1.82, 2.24) is 5.32 Å². The normalized spacial score (nSPS) is 20.3. The minimum atomic E-state index is -0.382. The van der Waals surface area contributed by atoms with E-state index < -0.39 is 0 Å². The van der Waals surface area contributed by atoms with Crippen LogP contribution < -0.4 is 15.1 Å². The number of anilines is 2. The Morgan fingerprint density at radius 1 is 1.23 bits per heavy atom. The average Bonchev–Trinajstić information content (AvgIpc) is 2.78. The molecule has 0 radical (unpaired) electrons. The van der Waals surface area contributed by atoms with E-state index in [0.717, 1.165) is 36.6 Å². The number of nitrogens with zero attached hydrogens (tertiary/aromatic N) is 3. The second kappa shape index (κ2) is 8.71. The van der Waals surface area contributed by atoms with Gasteiger partial charge in [-0.25, -0.2) is 0 Å². The zero-order valence-corrected chi connectivity index (χ0v) is 17.0. The minimum absolute atomic E-state index is 0.00421. The first kappa shape index (κ1) is 20.2. The number of nitro benzene ring substituents is 1. The number of nitrogens with one attached hydrogen (secondary N) is 1. The number of nitro groups is 1. The van der Waals surface area contributed by atoms with Crippen LogP contribution in [0.2, 0.25) is 0 Å². The molecule has 158 valence electrons. The zero-order valence-electron chi connectivity index (χ0n) is 17.0. The van der Waals surface area contributed by atoms with Crippen molar-refractivity contribution in [3.05, 3.63) is 64.2 Å². The molecule has 0 spiro atoms. The van der Waals surface area contributed by atoms with Crippen molar-refractivity contribution in [2.75, 3.05) is 49.7 Å². The summed E-state index contributed by atoms with van der Waals surface area (Å²) in [5, 5.41) is 14.2. The van der Waals surface area contributed by atoms with Crippen LogP contribution in [0.4, 0.5) is 17.1 Å². The number of piperazine rings is 1. The monoisotopic (exact) mass is 410 g/mol. The van der Waals surface area contributed by atoms with Gasteiger partial charge in [0.25, 0.3) is 5.69 Å². The van der Waals surface area contributed by atoms with Gasteiger partial charge in [0.1, 0.15) is 0 Å². The molecule has 2 aliphatic heterocycles. The van der Waals surface area contributed by atoms with Crippen LogP contribution >= 0.6 is 0 Å². The molecule has 0 aromatic heterocycles. The third kappa shape index (κ3) is 3.95. The maximum absolute atomic E-state index is 13.1. The van der Waals surface area contributed by atoms with Gasteiger partial charge in [-0.15, -0.1) is 0 Å². The van der Waals surface area contributed by atoms with Gasteiger partial charge in [0.15, 0.2) is 0 Å². The summed E-state index contributed by atoms with van der Waals surface area (Å²) in [6.07, 6.45) is 0.486. The summed E-state index contributed by atoms with van der Waals surface area (Å²) in [6, 6.07) is 15.2. The number of rotatable bonds is 6. The Labute approximate surface area is 175 Å². The highest BCUT2D eigenvalue weighted by atomic mass is 16.6. The fourth-order valence-corrected chi connectivity index (χ4v) is 4.50. The number of amides is 1. The Morgan fingerprint density at radius 2 is 2.03 bits per heavy atom. The van der Waals surface area contributed by atoms with E-state index in [4.69, 9.17) is 4.74 Å². The van der Waals surface area contributed by atoms with E-state index >= 15 is 0 Å². The summed E-state index contributed by atoms with van der Waals surface area (Å²) in [5.41, 5.74) is 3.07. The van der Waals surface area contributed by atoms with Crippen molar-refractivity contribution >= 4 is 23.0 Å². The molecule has 4 rings (SSSR count). The Morgan fingerprint density at radius 3 is 2.77 bits per heavy atom. The van der Waals surface area contributed by atoms with E-state index in [1.807, 2.05) is 24.3 Å². The Kier molecular flexibility index (Phi) is 5.85. The summed E-state index contributed by atoms with van der Waals surface area (Å²) < 4.78 is 5.05. The van der Waals surface area contributed by atoms with Gasteiger partial charge in [-0.3, -0.25) is 14.9 Å². The van der Waals surface area contributed by atoms with Crippen molar-refractivity contribution < 1.29 is 14.5 Å². The van der Waals surface area contributed by atoms with E-state index in [1.165, 1.54) is 0 Å². The summed E-state index contributed by atoms with van der Waals surface area (Å²) >= 11 is 0. The van der Waals surface area contributed by atoms with Crippen LogP contribution in [0.3, 0.4) is 0 Å². The van der Waals surface area contributed by atoms with Crippen LogP contribution in [0, 0.1) is 16.0 Å². The second-order valence-electron chi connectivity index (χ2n) is 7.71. The molecule has 1 N–H and O–H groups in total. The number of hydrogen-bond donors (Lipinski definition) is 1. The molecule has 2 atom stereocenters. The number of fused-ring (bicyclic) bond motifs is 3. The van der Waals surface area contributed by atoms with Crippen molar-refractivity contribution in [2.24, 2.45) is 5.92 Å². The molecule has 0 saturated carbocycles. The van der Waals surface area contributed by atoms with E-state index in [0.29, 0.717) is 19.6 Å². The van der Waals surface area contributed by atoms with Gasteiger partial charge in [0, 0.05) is 56.8 Å². The van der Waals surface area contributed by atoms with Gasteiger partial charge in [-0.1, -0.05) is 18.2 Å². The summed E-state index contributed by atoms with van der Waals surface area (Å²) in [4.78, 5) is 28.5. The number of benzene rings is 2. The van der Waals surface area contributed by atoms with E-state index in [1.54, 1.807) is 19.2 Å². The first-order chi connectivity index (χ1) is 14.6. The number of methoxy groups -OCH3 is 1.